The Balaban J connectivity index is 0.000000686. The number of ether oxygens (including phenoxy) is 1. The maximum atomic E-state index is 11.2. The van der Waals surface area contributed by atoms with Crippen molar-refractivity contribution in [3.8, 4) is 0 Å². The monoisotopic (exact) mass is 263 g/mol. The van der Waals surface area contributed by atoms with E-state index < -0.39 is 6.09 Å². The van der Waals surface area contributed by atoms with Crippen molar-refractivity contribution >= 4 is 17.9 Å². The third-order valence-corrected chi connectivity index (χ3v) is 4.06. The quantitative estimate of drug-likeness (QED) is 0.566. The molecule has 0 spiro atoms. The number of carbonyl (C=O) groups excluding carboxylic acids is 1. The molecule has 2 heterocycles. The highest BCUT2D eigenvalue weighted by molar-refractivity contribution is 6.21. The van der Waals surface area contributed by atoms with Crippen LogP contribution in [-0.4, -0.2) is 53.8 Å². The summed E-state index contributed by atoms with van der Waals surface area (Å²) in [7, 11) is 2.23. The van der Waals surface area contributed by atoms with Crippen LogP contribution in [0.5, 0.6) is 0 Å². The van der Waals surface area contributed by atoms with E-state index >= 15 is 0 Å². The average Bonchev–Trinajstić information content (AvgIpc) is 2.82. The predicted molar refractivity (Wildman–Crippen MR) is 68.8 cm³/mol. The van der Waals surface area contributed by atoms with Crippen molar-refractivity contribution in [2.75, 3.05) is 33.3 Å². The number of hydrogen-bond acceptors (Lipinski definition) is 2. The zero-order valence-electron chi connectivity index (χ0n) is 11.3. The molecular formula is C12H24ClN2O2+. The minimum absolute atomic E-state index is 0.349. The molecule has 0 bridgehead atoms. The van der Waals surface area contributed by atoms with Crippen LogP contribution in [0.4, 0.5) is 4.79 Å². The SMILES string of the molecule is CC.CC1(C[N+]2(C)CCCC2)COC(=O)N1Cl. The Morgan fingerprint density at radius 3 is 2.35 bits per heavy atom. The van der Waals surface area contributed by atoms with Gasteiger partial charge in [0.15, 0.2) is 0 Å². The van der Waals surface area contributed by atoms with Gasteiger partial charge in [-0.15, -0.1) is 0 Å². The zero-order chi connectivity index (χ0) is 13.1. The van der Waals surface area contributed by atoms with Gasteiger partial charge in [-0.1, -0.05) is 13.8 Å². The first-order valence-electron chi connectivity index (χ1n) is 6.42. The number of hydrogen-bond donors (Lipinski definition) is 0. The second-order valence-corrected chi connectivity index (χ2v) is 5.60. The fraction of sp³-hybridized carbons (Fsp3) is 0.917. The van der Waals surface area contributed by atoms with E-state index in [2.05, 4.69) is 7.05 Å². The molecule has 0 saturated carbocycles. The van der Waals surface area contributed by atoms with E-state index in [9.17, 15) is 4.79 Å². The summed E-state index contributed by atoms with van der Waals surface area (Å²) >= 11 is 5.96. The molecule has 0 aromatic rings. The molecule has 2 aliphatic rings. The molecule has 2 rings (SSSR count). The summed E-state index contributed by atoms with van der Waals surface area (Å²) in [6.45, 7) is 9.63. The van der Waals surface area contributed by atoms with Crippen LogP contribution in [0.15, 0.2) is 0 Å². The molecule has 0 radical (unpaired) electrons. The van der Waals surface area contributed by atoms with Gasteiger partial charge in [-0.25, -0.2) is 9.21 Å². The summed E-state index contributed by atoms with van der Waals surface area (Å²) in [4.78, 5) is 11.2. The molecular weight excluding hydrogens is 240 g/mol. The Morgan fingerprint density at radius 1 is 1.41 bits per heavy atom. The number of quaternary nitrogens is 1. The lowest BCUT2D eigenvalue weighted by Gasteiger charge is -2.37. The van der Waals surface area contributed by atoms with Crippen molar-refractivity contribution in [2.45, 2.75) is 39.2 Å². The van der Waals surface area contributed by atoms with Gasteiger partial charge in [0.2, 0.25) is 0 Å². The number of amides is 1. The minimum atomic E-state index is -0.412. The Hall–Kier alpha value is -0.480. The first kappa shape index (κ1) is 14.6. The van der Waals surface area contributed by atoms with Crippen LogP contribution >= 0.6 is 11.8 Å². The van der Waals surface area contributed by atoms with E-state index in [4.69, 9.17) is 16.5 Å². The molecule has 1 amide bonds. The van der Waals surface area contributed by atoms with Crippen molar-refractivity contribution in [1.29, 1.82) is 0 Å². The van der Waals surface area contributed by atoms with E-state index in [1.54, 1.807) is 0 Å². The normalized spacial score (nSPS) is 30.9. The van der Waals surface area contributed by atoms with Gasteiger partial charge >= 0.3 is 6.09 Å². The van der Waals surface area contributed by atoms with E-state index in [1.165, 1.54) is 30.4 Å². The standard InChI is InChI=1S/C10H18ClN2O2.C2H6/c1-10(8-15-9(14)12(10)11)7-13(2)5-3-4-6-13;1-2/h3-8H2,1-2H3;1-2H3/q+1;. The lowest BCUT2D eigenvalue weighted by molar-refractivity contribution is -0.901. The predicted octanol–water partition coefficient (Wildman–Crippen LogP) is 2.62. The largest absolute Gasteiger partial charge is 0.446 e. The van der Waals surface area contributed by atoms with Gasteiger partial charge in [0.05, 0.1) is 20.1 Å². The van der Waals surface area contributed by atoms with Crippen molar-refractivity contribution in [1.82, 2.24) is 4.42 Å². The lowest BCUT2D eigenvalue weighted by Crippen LogP contribution is -2.56. The summed E-state index contributed by atoms with van der Waals surface area (Å²) in [6.07, 6.45) is 2.12. The molecule has 0 aliphatic carbocycles. The second kappa shape index (κ2) is 5.44. The van der Waals surface area contributed by atoms with Crippen molar-refractivity contribution in [2.24, 2.45) is 0 Å². The van der Waals surface area contributed by atoms with Gasteiger partial charge in [0.25, 0.3) is 0 Å². The van der Waals surface area contributed by atoms with E-state index in [0.29, 0.717) is 6.61 Å². The molecule has 5 heteroatoms. The highest BCUT2D eigenvalue weighted by atomic mass is 35.5. The maximum absolute atomic E-state index is 11.2. The molecule has 2 aliphatic heterocycles. The van der Waals surface area contributed by atoms with E-state index in [1.807, 2.05) is 20.8 Å². The molecule has 1 atom stereocenters. The van der Waals surface area contributed by atoms with Crippen LogP contribution < -0.4 is 0 Å². The third-order valence-electron chi connectivity index (χ3n) is 3.51. The van der Waals surface area contributed by atoms with Gasteiger partial charge in [0, 0.05) is 24.6 Å². The highest BCUT2D eigenvalue weighted by Gasteiger charge is 2.49. The van der Waals surface area contributed by atoms with Crippen LogP contribution in [0.25, 0.3) is 0 Å². The van der Waals surface area contributed by atoms with Crippen LogP contribution in [0.1, 0.15) is 33.6 Å². The number of nitrogens with zero attached hydrogens (tertiary/aromatic N) is 2. The molecule has 4 nitrogen and oxygen atoms in total. The van der Waals surface area contributed by atoms with Gasteiger partial charge < -0.3 is 9.22 Å². The van der Waals surface area contributed by atoms with Crippen LogP contribution in [-0.2, 0) is 4.74 Å². The van der Waals surface area contributed by atoms with Gasteiger partial charge in [-0.2, -0.15) is 0 Å². The first-order valence-corrected chi connectivity index (χ1v) is 6.75. The van der Waals surface area contributed by atoms with E-state index in [-0.39, 0.29) is 5.54 Å². The molecule has 100 valence electrons. The van der Waals surface area contributed by atoms with Crippen LogP contribution in [0.2, 0.25) is 0 Å². The fourth-order valence-corrected chi connectivity index (χ4v) is 2.89. The maximum Gasteiger partial charge on any atom is 0.425 e. The van der Waals surface area contributed by atoms with Crippen molar-refractivity contribution < 1.29 is 14.0 Å². The zero-order valence-corrected chi connectivity index (χ0v) is 12.1. The van der Waals surface area contributed by atoms with Crippen molar-refractivity contribution in [3.05, 3.63) is 0 Å². The van der Waals surface area contributed by atoms with Gasteiger partial charge in [-0.05, 0) is 6.92 Å². The Bertz CT molecular complexity index is 280. The Labute approximate surface area is 109 Å². The number of cyclic esters (lactones) is 1. The fourth-order valence-electron chi connectivity index (χ4n) is 2.74. The summed E-state index contributed by atoms with van der Waals surface area (Å²) in [5.74, 6) is 0. The minimum Gasteiger partial charge on any atom is -0.446 e. The first-order chi connectivity index (χ1) is 7.95. The van der Waals surface area contributed by atoms with Gasteiger partial charge in [0.1, 0.15) is 18.7 Å². The number of carbonyl (C=O) groups is 1. The van der Waals surface area contributed by atoms with Gasteiger partial charge in [-0.3, -0.25) is 0 Å². The summed E-state index contributed by atoms with van der Waals surface area (Å²) in [5.41, 5.74) is -0.349. The van der Waals surface area contributed by atoms with Crippen LogP contribution in [0, 0.1) is 0 Å². The summed E-state index contributed by atoms with van der Waals surface area (Å²) < 4.78 is 7.21. The van der Waals surface area contributed by atoms with Crippen LogP contribution in [0.3, 0.4) is 0 Å². The molecule has 0 aromatic heterocycles. The lowest BCUT2D eigenvalue weighted by atomic mass is 10.0. The number of likely N-dealkylation sites (tertiary alicyclic amines) is 1. The molecule has 2 fully saturated rings. The average molecular weight is 264 g/mol. The summed E-state index contributed by atoms with van der Waals surface area (Å²) in [6, 6.07) is 0. The number of halogens is 1. The Morgan fingerprint density at radius 2 is 1.94 bits per heavy atom. The molecule has 2 saturated heterocycles. The highest BCUT2D eigenvalue weighted by Crippen LogP contribution is 2.30. The Kier molecular flexibility index (Phi) is 4.67. The topological polar surface area (TPSA) is 29.5 Å². The third kappa shape index (κ3) is 3.05. The molecule has 1 unspecified atom stereocenters. The molecule has 0 N–H and O–H groups in total. The molecule has 17 heavy (non-hydrogen) atoms. The second-order valence-electron chi connectivity index (χ2n) is 5.26. The van der Waals surface area contributed by atoms with E-state index in [0.717, 1.165) is 11.0 Å². The molecule has 0 aromatic carbocycles. The summed E-state index contributed by atoms with van der Waals surface area (Å²) in [5, 5.41) is 0. The number of likely N-dealkylation sites (N-methyl/N-ethyl adjacent to an activating group) is 1. The number of rotatable bonds is 2. The smallest absolute Gasteiger partial charge is 0.425 e. The van der Waals surface area contributed by atoms with Crippen molar-refractivity contribution in [3.63, 3.8) is 0 Å².